The SMILES string of the molecule is Cc1cc(F)ccc1Oc1cc(C2CC2)c(C(F)(F)F)cc1C(=O)Nc1cccc(C2(F)CCNC(=O)N2)c1. The lowest BCUT2D eigenvalue weighted by molar-refractivity contribution is -0.138. The Morgan fingerprint density at radius 1 is 1.08 bits per heavy atom. The molecule has 1 aliphatic carbocycles. The number of hydrogen-bond donors (Lipinski definition) is 3. The summed E-state index contributed by atoms with van der Waals surface area (Å²) in [7, 11) is 0. The van der Waals surface area contributed by atoms with Gasteiger partial charge in [0, 0.05) is 24.2 Å². The van der Waals surface area contributed by atoms with Gasteiger partial charge in [-0.2, -0.15) is 13.2 Å². The van der Waals surface area contributed by atoms with Crippen LogP contribution in [0.3, 0.4) is 0 Å². The number of ether oxygens (including phenoxy) is 1. The predicted molar refractivity (Wildman–Crippen MR) is 133 cm³/mol. The minimum atomic E-state index is -4.72. The van der Waals surface area contributed by atoms with Gasteiger partial charge in [0.05, 0.1) is 11.1 Å². The zero-order valence-corrected chi connectivity index (χ0v) is 20.7. The second-order valence-corrected chi connectivity index (χ2v) is 9.69. The van der Waals surface area contributed by atoms with Gasteiger partial charge in [-0.25, -0.2) is 13.6 Å². The van der Waals surface area contributed by atoms with Crippen molar-refractivity contribution in [2.75, 3.05) is 11.9 Å². The second-order valence-electron chi connectivity index (χ2n) is 9.69. The van der Waals surface area contributed by atoms with E-state index in [2.05, 4.69) is 16.0 Å². The summed E-state index contributed by atoms with van der Waals surface area (Å²) in [6, 6.07) is 10.6. The Morgan fingerprint density at radius 2 is 1.85 bits per heavy atom. The van der Waals surface area contributed by atoms with E-state index >= 15 is 4.39 Å². The molecule has 1 unspecified atom stereocenters. The Balaban J connectivity index is 1.52. The van der Waals surface area contributed by atoms with E-state index in [1.807, 2.05) is 0 Å². The third-order valence-corrected chi connectivity index (χ3v) is 6.72. The van der Waals surface area contributed by atoms with Crippen molar-refractivity contribution in [1.29, 1.82) is 0 Å². The minimum absolute atomic E-state index is 0.0248. The Morgan fingerprint density at radius 3 is 2.51 bits per heavy atom. The number of rotatable bonds is 6. The first-order valence-electron chi connectivity index (χ1n) is 12.3. The summed E-state index contributed by atoms with van der Waals surface area (Å²) in [6.07, 6.45) is -3.63. The minimum Gasteiger partial charge on any atom is -0.456 e. The van der Waals surface area contributed by atoms with Gasteiger partial charge in [0.15, 0.2) is 0 Å². The summed E-state index contributed by atoms with van der Waals surface area (Å²) < 4.78 is 76.9. The van der Waals surface area contributed by atoms with Gasteiger partial charge in [0.1, 0.15) is 17.3 Å². The van der Waals surface area contributed by atoms with Gasteiger partial charge in [-0.3, -0.25) is 4.79 Å². The molecule has 0 radical (unpaired) electrons. The number of benzene rings is 3. The van der Waals surface area contributed by atoms with Crippen molar-refractivity contribution in [3.05, 3.63) is 88.2 Å². The number of alkyl halides is 4. The van der Waals surface area contributed by atoms with Crippen LogP contribution in [0.5, 0.6) is 11.5 Å². The number of halogens is 5. The summed E-state index contributed by atoms with van der Waals surface area (Å²) in [5.74, 6) is -3.88. The topological polar surface area (TPSA) is 79.5 Å². The van der Waals surface area contributed by atoms with E-state index in [9.17, 15) is 27.2 Å². The van der Waals surface area contributed by atoms with Crippen molar-refractivity contribution in [2.24, 2.45) is 0 Å². The van der Waals surface area contributed by atoms with Crippen LogP contribution >= 0.6 is 0 Å². The number of aryl methyl sites for hydroxylation is 1. The number of carbonyl (C=O) groups is 2. The second kappa shape index (κ2) is 9.87. The maximum atomic E-state index is 15.4. The number of hydrogen-bond acceptors (Lipinski definition) is 3. The van der Waals surface area contributed by atoms with Gasteiger partial charge >= 0.3 is 12.2 Å². The number of nitrogens with one attached hydrogen (secondary N) is 3. The van der Waals surface area contributed by atoms with Gasteiger partial charge in [-0.05, 0) is 79.3 Å². The molecule has 204 valence electrons. The van der Waals surface area contributed by atoms with Crippen LogP contribution in [0.2, 0.25) is 0 Å². The van der Waals surface area contributed by atoms with Crippen molar-refractivity contribution in [3.63, 3.8) is 0 Å². The molecule has 0 spiro atoms. The fraction of sp³-hybridized carbons (Fsp3) is 0.286. The summed E-state index contributed by atoms with van der Waals surface area (Å²) in [4.78, 5) is 25.0. The molecule has 2 fully saturated rings. The van der Waals surface area contributed by atoms with Gasteiger partial charge < -0.3 is 20.7 Å². The van der Waals surface area contributed by atoms with Crippen LogP contribution in [0.1, 0.15) is 57.8 Å². The lowest BCUT2D eigenvalue weighted by Crippen LogP contribution is -2.54. The Hall–Kier alpha value is -4.15. The summed E-state index contributed by atoms with van der Waals surface area (Å²) >= 11 is 0. The molecule has 2 aliphatic rings. The standard InChI is InChI=1S/C28H24F5N3O3/c1-15-11-18(29)7-8-23(15)39-24-14-20(16-5-6-16)22(28(31,32)33)13-21(24)25(37)35-19-4-2-3-17(12-19)27(30)9-10-34-26(38)36-27/h2-4,7-8,11-14,16H,5-6,9-10H2,1H3,(H,35,37)(H2,34,36,38). The van der Waals surface area contributed by atoms with Crippen molar-refractivity contribution in [1.82, 2.24) is 10.6 Å². The van der Waals surface area contributed by atoms with E-state index in [1.54, 1.807) is 6.92 Å². The normalized spacial score (nSPS) is 19.2. The number of anilines is 1. The molecule has 1 saturated heterocycles. The van der Waals surface area contributed by atoms with Crippen molar-refractivity contribution in [2.45, 2.75) is 44.1 Å². The molecule has 3 aromatic rings. The third kappa shape index (κ3) is 5.67. The van der Waals surface area contributed by atoms with Gasteiger partial charge in [-0.15, -0.1) is 0 Å². The largest absolute Gasteiger partial charge is 0.456 e. The molecule has 0 aromatic heterocycles. The summed E-state index contributed by atoms with van der Waals surface area (Å²) in [5, 5.41) is 7.19. The Kier molecular flexibility index (Phi) is 6.69. The van der Waals surface area contributed by atoms with E-state index in [4.69, 9.17) is 4.74 Å². The first kappa shape index (κ1) is 26.5. The average Bonchev–Trinajstić information content (AvgIpc) is 3.70. The van der Waals surface area contributed by atoms with Gasteiger partial charge in [0.25, 0.3) is 5.91 Å². The molecule has 3 N–H and O–H groups in total. The quantitative estimate of drug-likeness (QED) is 0.233. The van der Waals surface area contributed by atoms with Crippen LogP contribution < -0.4 is 20.7 Å². The zero-order valence-electron chi connectivity index (χ0n) is 20.7. The van der Waals surface area contributed by atoms with Gasteiger partial charge in [0.2, 0.25) is 5.79 Å². The lowest BCUT2D eigenvalue weighted by Gasteiger charge is -2.31. The Labute approximate surface area is 220 Å². The fourth-order valence-corrected chi connectivity index (χ4v) is 4.57. The van der Waals surface area contributed by atoms with E-state index < -0.39 is 40.9 Å². The average molecular weight is 546 g/mol. The molecule has 5 rings (SSSR count). The first-order valence-corrected chi connectivity index (χ1v) is 12.3. The first-order chi connectivity index (χ1) is 18.4. The molecular formula is C28H24F5N3O3. The molecule has 3 aromatic carbocycles. The highest BCUT2D eigenvalue weighted by Gasteiger charge is 2.40. The summed E-state index contributed by atoms with van der Waals surface area (Å²) in [5.41, 5.74) is -0.756. The molecule has 1 aliphatic heterocycles. The van der Waals surface area contributed by atoms with Crippen LogP contribution in [-0.4, -0.2) is 18.5 Å². The molecule has 1 saturated carbocycles. The highest BCUT2D eigenvalue weighted by atomic mass is 19.4. The third-order valence-electron chi connectivity index (χ3n) is 6.72. The Bertz CT molecular complexity index is 1450. The molecular weight excluding hydrogens is 521 g/mol. The molecule has 1 atom stereocenters. The highest BCUT2D eigenvalue weighted by Crippen LogP contribution is 2.48. The van der Waals surface area contributed by atoms with Crippen molar-refractivity contribution < 1.29 is 36.3 Å². The van der Waals surface area contributed by atoms with Gasteiger partial charge in [-0.1, -0.05) is 12.1 Å². The van der Waals surface area contributed by atoms with Crippen LogP contribution in [0, 0.1) is 12.7 Å². The van der Waals surface area contributed by atoms with Crippen LogP contribution in [-0.2, 0) is 12.0 Å². The van der Waals surface area contributed by atoms with Crippen molar-refractivity contribution in [3.8, 4) is 11.5 Å². The van der Waals surface area contributed by atoms with E-state index in [0.29, 0.717) is 18.4 Å². The van der Waals surface area contributed by atoms with Crippen molar-refractivity contribution >= 4 is 17.6 Å². The number of carbonyl (C=O) groups excluding carboxylic acids is 2. The van der Waals surface area contributed by atoms with Crippen LogP contribution in [0.15, 0.2) is 54.6 Å². The van der Waals surface area contributed by atoms with Crippen LogP contribution in [0.25, 0.3) is 0 Å². The van der Waals surface area contributed by atoms with Crippen LogP contribution in [0.4, 0.5) is 32.4 Å². The maximum Gasteiger partial charge on any atom is 0.416 e. The number of urea groups is 1. The monoisotopic (exact) mass is 545 g/mol. The summed E-state index contributed by atoms with van der Waals surface area (Å²) in [6.45, 7) is 1.66. The van der Waals surface area contributed by atoms with E-state index in [0.717, 1.165) is 12.1 Å². The number of amides is 3. The molecule has 0 bridgehead atoms. The molecule has 6 nitrogen and oxygen atoms in total. The smallest absolute Gasteiger partial charge is 0.416 e. The maximum absolute atomic E-state index is 15.4. The van der Waals surface area contributed by atoms with E-state index in [1.165, 1.54) is 42.5 Å². The molecule has 1 heterocycles. The molecule has 3 amide bonds. The lowest BCUT2D eigenvalue weighted by atomic mass is 9.97. The predicted octanol–water partition coefficient (Wildman–Crippen LogP) is 6.90. The van der Waals surface area contributed by atoms with E-state index in [-0.39, 0.29) is 47.2 Å². The molecule has 39 heavy (non-hydrogen) atoms. The zero-order chi connectivity index (χ0) is 27.9. The highest BCUT2D eigenvalue weighted by molar-refractivity contribution is 6.06. The fourth-order valence-electron chi connectivity index (χ4n) is 4.57. The molecule has 11 heteroatoms.